The number of carbonyl (C=O) groups is 1. The lowest BCUT2D eigenvalue weighted by atomic mass is 9.92. The van der Waals surface area contributed by atoms with Crippen molar-refractivity contribution in [2.45, 2.75) is 51.6 Å². The summed E-state index contributed by atoms with van der Waals surface area (Å²) in [6.45, 7) is 5.24. The van der Waals surface area contributed by atoms with Crippen molar-refractivity contribution in [1.82, 2.24) is 20.2 Å². The standard InChI is InChI=1S/C24H32N4O/c1-2-3-9-22-25-14-21(26-22)17-28-15-19-11-12-20(16-28)24(19)27-23(29)13-10-18-7-5-4-6-8-18/h4-8,10,13-14,19-20,24H,2-3,9,11-12,15-17H2,1H3,(H,25,26)(H,27,29)/b13-10+/t19-,20+,24?. The largest absolute Gasteiger partial charge is 0.349 e. The van der Waals surface area contributed by atoms with E-state index in [-0.39, 0.29) is 5.91 Å². The summed E-state index contributed by atoms with van der Waals surface area (Å²) >= 11 is 0. The quantitative estimate of drug-likeness (QED) is 0.672. The van der Waals surface area contributed by atoms with Crippen molar-refractivity contribution >= 4 is 12.0 Å². The smallest absolute Gasteiger partial charge is 0.244 e. The number of piperidine rings is 1. The molecule has 5 heteroatoms. The van der Waals surface area contributed by atoms with E-state index in [1.165, 1.54) is 31.4 Å². The first-order valence-electron chi connectivity index (χ1n) is 11.0. The van der Waals surface area contributed by atoms with Gasteiger partial charge in [0.15, 0.2) is 0 Å². The van der Waals surface area contributed by atoms with Gasteiger partial charge in [0.05, 0.1) is 0 Å². The molecular formula is C24H32N4O. The van der Waals surface area contributed by atoms with Gasteiger partial charge in [0.25, 0.3) is 0 Å². The molecule has 1 aliphatic carbocycles. The lowest BCUT2D eigenvalue weighted by Crippen LogP contribution is -2.52. The van der Waals surface area contributed by atoms with Crippen LogP contribution in [0.4, 0.5) is 0 Å². The predicted octanol–water partition coefficient (Wildman–Crippen LogP) is 3.79. The van der Waals surface area contributed by atoms with Gasteiger partial charge >= 0.3 is 0 Å². The van der Waals surface area contributed by atoms with Crippen molar-refractivity contribution in [3.63, 3.8) is 0 Å². The molecule has 1 unspecified atom stereocenters. The highest BCUT2D eigenvalue weighted by molar-refractivity contribution is 5.92. The molecule has 1 saturated carbocycles. The van der Waals surface area contributed by atoms with E-state index in [1.54, 1.807) is 6.08 Å². The molecule has 1 aliphatic heterocycles. The highest BCUT2D eigenvalue weighted by Crippen LogP contribution is 2.37. The highest BCUT2D eigenvalue weighted by atomic mass is 16.1. The highest BCUT2D eigenvalue weighted by Gasteiger charge is 2.42. The number of aromatic nitrogens is 2. The minimum absolute atomic E-state index is 0.0262. The van der Waals surface area contributed by atoms with E-state index in [0.29, 0.717) is 17.9 Å². The van der Waals surface area contributed by atoms with Crippen LogP contribution >= 0.6 is 0 Å². The molecule has 5 nitrogen and oxygen atoms in total. The predicted molar refractivity (Wildman–Crippen MR) is 116 cm³/mol. The van der Waals surface area contributed by atoms with Gasteiger partial charge < -0.3 is 10.3 Å². The van der Waals surface area contributed by atoms with Crippen molar-refractivity contribution in [2.24, 2.45) is 11.8 Å². The molecule has 2 N–H and O–H groups in total. The van der Waals surface area contributed by atoms with Gasteiger partial charge in [-0.3, -0.25) is 9.69 Å². The lowest BCUT2D eigenvalue weighted by molar-refractivity contribution is -0.118. The third-order valence-electron chi connectivity index (χ3n) is 6.29. The molecule has 2 aliphatic rings. The number of H-pyrrole nitrogens is 1. The summed E-state index contributed by atoms with van der Waals surface area (Å²) in [5.74, 6) is 2.23. The number of fused-ring (bicyclic) bond motifs is 2. The van der Waals surface area contributed by atoms with Gasteiger partial charge in [-0.15, -0.1) is 0 Å². The first kappa shape index (κ1) is 19.9. The lowest BCUT2D eigenvalue weighted by Gasteiger charge is -2.38. The van der Waals surface area contributed by atoms with Crippen LogP contribution in [0.5, 0.6) is 0 Å². The Hall–Kier alpha value is -2.40. The molecule has 154 valence electrons. The molecule has 1 aromatic heterocycles. The van der Waals surface area contributed by atoms with E-state index >= 15 is 0 Å². The number of benzene rings is 1. The van der Waals surface area contributed by atoms with Crippen molar-refractivity contribution < 1.29 is 4.79 Å². The zero-order valence-electron chi connectivity index (χ0n) is 17.3. The number of amides is 1. The van der Waals surface area contributed by atoms with E-state index in [2.05, 4.69) is 27.1 Å². The molecule has 0 radical (unpaired) electrons. The normalized spacial score (nSPS) is 24.2. The van der Waals surface area contributed by atoms with Crippen molar-refractivity contribution in [3.8, 4) is 0 Å². The number of imidazole rings is 1. The van der Waals surface area contributed by atoms with Crippen LogP contribution in [-0.2, 0) is 17.8 Å². The monoisotopic (exact) mass is 392 g/mol. The Balaban J connectivity index is 1.29. The fraction of sp³-hybridized carbons (Fsp3) is 0.500. The fourth-order valence-corrected chi connectivity index (χ4v) is 4.83. The minimum Gasteiger partial charge on any atom is -0.349 e. The first-order valence-corrected chi connectivity index (χ1v) is 11.0. The number of aryl methyl sites for hydroxylation is 1. The zero-order chi connectivity index (χ0) is 20.1. The van der Waals surface area contributed by atoms with Crippen molar-refractivity contribution in [3.05, 3.63) is 59.7 Å². The Morgan fingerprint density at radius 3 is 2.72 bits per heavy atom. The molecule has 1 amide bonds. The van der Waals surface area contributed by atoms with E-state index in [9.17, 15) is 4.79 Å². The second-order valence-electron chi connectivity index (χ2n) is 8.53. The summed E-state index contributed by atoms with van der Waals surface area (Å²) in [5.41, 5.74) is 2.27. The van der Waals surface area contributed by atoms with Crippen LogP contribution < -0.4 is 5.32 Å². The number of hydrogen-bond acceptors (Lipinski definition) is 3. The Bertz CT molecular complexity index is 814. The van der Waals surface area contributed by atoms with Crippen LogP contribution in [0.1, 0.15) is 49.7 Å². The van der Waals surface area contributed by atoms with Gasteiger partial charge in [-0.1, -0.05) is 43.7 Å². The van der Waals surface area contributed by atoms with Gasteiger partial charge in [0.1, 0.15) is 5.82 Å². The number of aromatic amines is 1. The van der Waals surface area contributed by atoms with Crippen LogP contribution in [-0.4, -0.2) is 39.9 Å². The SMILES string of the molecule is CCCCc1ncc(CN2C[C@H]3CC[C@@H](C2)C3NC(=O)/C=C/c2ccccc2)[nH]1. The molecular weight excluding hydrogens is 360 g/mol. The van der Waals surface area contributed by atoms with Crippen LogP contribution in [0.3, 0.4) is 0 Å². The Morgan fingerprint density at radius 1 is 1.24 bits per heavy atom. The second-order valence-corrected chi connectivity index (χ2v) is 8.53. The topological polar surface area (TPSA) is 61.0 Å². The molecule has 1 aromatic carbocycles. The van der Waals surface area contributed by atoms with Gasteiger partial charge in [-0.05, 0) is 42.7 Å². The molecule has 3 atom stereocenters. The number of likely N-dealkylation sites (tertiary alicyclic amines) is 1. The third-order valence-corrected chi connectivity index (χ3v) is 6.29. The summed E-state index contributed by atoms with van der Waals surface area (Å²) in [5, 5.41) is 3.29. The molecule has 2 fully saturated rings. The number of carbonyl (C=O) groups excluding carboxylic acids is 1. The number of nitrogens with one attached hydrogen (secondary N) is 2. The van der Waals surface area contributed by atoms with Gasteiger partial charge in [-0.25, -0.2) is 4.98 Å². The molecule has 2 heterocycles. The maximum atomic E-state index is 12.4. The molecule has 2 aromatic rings. The molecule has 2 bridgehead atoms. The summed E-state index contributed by atoms with van der Waals surface area (Å²) in [4.78, 5) is 23.0. The van der Waals surface area contributed by atoms with E-state index in [1.807, 2.05) is 42.6 Å². The van der Waals surface area contributed by atoms with Crippen LogP contribution in [0.2, 0.25) is 0 Å². The molecule has 1 saturated heterocycles. The molecule has 4 rings (SSSR count). The summed E-state index contributed by atoms with van der Waals surface area (Å²) in [7, 11) is 0. The average Bonchev–Trinajstić information content (AvgIpc) is 3.26. The Morgan fingerprint density at radius 2 is 2.00 bits per heavy atom. The zero-order valence-corrected chi connectivity index (χ0v) is 17.3. The van der Waals surface area contributed by atoms with Crippen LogP contribution in [0, 0.1) is 11.8 Å². The Kier molecular flexibility index (Phi) is 6.45. The first-order chi connectivity index (χ1) is 14.2. The Labute approximate surface area is 173 Å². The van der Waals surface area contributed by atoms with Crippen molar-refractivity contribution in [2.75, 3.05) is 13.1 Å². The minimum atomic E-state index is 0.0262. The number of hydrogen-bond donors (Lipinski definition) is 2. The number of unbranched alkanes of at least 4 members (excludes halogenated alkanes) is 1. The van der Waals surface area contributed by atoms with Crippen LogP contribution in [0.15, 0.2) is 42.6 Å². The van der Waals surface area contributed by atoms with Gasteiger partial charge in [0, 0.05) is 50.1 Å². The molecule has 29 heavy (non-hydrogen) atoms. The maximum absolute atomic E-state index is 12.4. The number of nitrogens with zero attached hydrogens (tertiary/aromatic N) is 2. The summed E-state index contributed by atoms with van der Waals surface area (Å²) < 4.78 is 0. The second kappa shape index (κ2) is 9.40. The van der Waals surface area contributed by atoms with Crippen LogP contribution in [0.25, 0.3) is 6.08 Å². The van der Waals surface area contributed by atoms with E-state index in [0.717, 1.165) is 37.4 Å². The summed E-state index contributed by atoms with van der Waals surface area (Å²) in [6.07, 6.45) is 11.4. The van der Waals surface area contributed by atoms with Gasteiger partial charge in [-0.2, -0.15) is 0 Å². The average molecular weight is 393 g/mol. The molecule has 0 spiro atoms. The van der Waals surface area contributed by atoms with Crippen molar-refractivity contribution in [1.29, 1.82) is 0 Å². The summed E-state index contributed by atoms with van der Waals surface area (Å²) in [6, 6.07) is 10.3. The third kappa shape index (κ3) is 5.15. The van der Waals surface area contributed by atoms with E-state index < -0.39 is 0 Å². The van der Waals surface area contributed by atoms with E-state index in [4.69, 9.17) is 0 Å². The maximum Gasteiger partial charge on any atom is 0.244 e. The fourth-order valence-electron chi connectivity index (χ4n) is 4.83. The number of rotatable bonds is 8. The van der Waals surface area contributed by atoms with Gasteiger partial charge in [0.2, 0.25) is 5.91 Å².